The summed E-state index contributed by atoms with van der Waals surface area (Å²) in [4.78, 5) is 41.5. The standard InChI is InChI=1S/C42H46N6O4S/c1-46(2)39(34-8-4-3-5-9-34)42(50)48-23-7-6-10-38(48)40-43-28-37(45-40)33-17-13-31(14-18-33)32-15-19-35(20-16-32)41(49)44-36-21-11-30(12-22-36)29-47-24-26-53(51,52)27-25-47/h3-5,8-9,11-22,28,38-39H,6-7,10,23-27,29H2,1-2H3,(H,43,45)(H,44,49)/t38-,39-/m1/s1. The zero-order valence-corrected chi connectivity index (χ0v) is 31.1. The van der Waals surface area contributed by atoms with Gasteiger partial charge in [-0.3, -0.25) is 19.4 Å². The average Bonchev–Trinajstić information content (AvgIpc) is 3.67. The van der Waals surface area contributed by atoms with E-state index in [1.807, 2.05) is 109 Å². The van der Waals surface area contributed by atoms with Crippen molar-refractivity contribution in [1.82, 2.24) is 24.7 Å². The molecule has 0 unspecified atom stereocenters. The highest BCUT2D eigenvalue weighted by molar-refractivity contribution is 7.91. The van der Waals surface area contributed by atoms with E-state index in [9.17, 15) is 18.0 Å². The summed E-state index contributed by atoms with van der Waals surface area (Å²) in [5, 5.41) is 2.97. The topological polar surface area (TPSA) is 119 Å². The van der Waals surface area contributed by atoms with Crippen molar-refractivity contribution in [2.24, 2.45) is 0 Å². The van der Waals surface area contributed by atoms with Gasteiger partial charge in [0.15, 0.2) is 9.84 Å². The van der Waals surface area contributed by atoms with Gasteiger partial charge in [0.05, 0.1) is 29.4 Å². The second-order valence-corrected chi connectivity index (χ2v) is 16.5. The maximum Gasteiger partial charge on any atom is 0.255 e. The zero-order valence-electron chi connectivity index (χ0n) is 30.2. The van der Waals surface area contributed by atoms with Crippen LogP contribution in [-0.2, 0) is 21.2 Å². The van der Waals surface area contributed by atoms with Gasteiger partial charge in [-0.25, -0.2) is 13.4 Å². The molecule has 2 aliphatic rings. The second-order valence-electron chi connectivity index (χ2n) is 14.2. The fourth-order valence-corrected chi connectivity index (χ4v) is 8.58. The molecule has 2 fully saturated rings. The molecule has 7 rings (SSSR count). The Morgan fingerprint density at radius 2 is 1.47 bits per heavy atom. The lowest BCUT2D eigenvalue weighted by Crippen LogP contribution is -2.45. The molecule has 274 valence electrons. The Hall–Kier alpha value is -5.10. The number of nitrogens with one attached hydrogen (secondary N) is 2. The summed E-state index contributed by atoms with van der Waals surface area (Å²) in [5.74, 6) is 1.13. The number of benzene rings is 4. The van der Waals surface area contributed by atoms with E-state index in [1.165, 1.54) is 0 Å². The highest BCUT2D eigenvalue weighted by atomic mass is 32.2. The molecule has 0 radical (unpaired) electrons. The average molecular weight is 731 g/mol. The van der Waals surface area contributed by atoms with E-state index in [0.717, 1.165) is 58.6 Å². The van der Waals surface area contributed by atoms with Crippen molar-refractivity contribution in [3.8, 4) is 22.4 Å². The number of carbonyl (C=O) groups is 2. The summed E-state index contributed by atoms with van der Waals surface area (Å²) in [5.41, 5.74) is 7.26. The molecule has 2 atom stereocenters. The predicted octanol–water partition coefficient (Wildman–Crippen LogP) is 6.58. The molecule has 0 aliphatic carbocycles. The summed E-state index contributed by atoms with van der Waals surface area (Å²) in [6.45, 7) is 2.48. The first-order valence-electron chi connectivity index (χ1n) is 18.2. The summed E-state index contributed by atoms with van der Waals surface area (Å²) in [7, 11) is 1.00. The van der Waals surface area contributed by atoms with E-state index in [0.29, 0.717) is 37.4 Å². The van der Waals surface area contributed by atoms with Gasteiger partial charge in [0, 0.05) is 37.4 Å². The van der Waals surface area contributed by atoms with Gasteiger partial charge >= 0.3 is 0 Å². The molecule has 3 heterocycles. The van der Waals surface area contributed by atoms with Crippen LogP contribution >= 0.6 is 0 Å². The Balaban J connectivity index is 0.967. The van der Waals surface area contributed by atoms with Crippen molar-refractivity contribution in [3.05, 3.63) is 132 Å². The van der Waals surface area contributed by atoms with Crippen LogP contribution in [0.3, 0.4) is 0 Å². The molecule has 2 amide bonds. The minimum absolute atomic E-state index is 0.0953. The van der Waals surface area contributed by atoms with E-state index in [2.05, 4.69) is 39.5 Å². The molecule has 2 N–H and O–H groups in total. The Kier molecular flexibility index (Phi) is 10.9. The molecule has 1 aromatic heterocycles. The van der Waals surface area contributed by atoms with Crippen molar-refractivity contribution in [1.29, 1.82) is 0 Å². The maximum atomic E-state index is 14.0. The molecule has 2 aliphatic heterocycles. The van der Waals surface area contributed by atoms with Gasteiger partial charge in [0.1, 0.15) is 11.9 Å². The number of piperidine rings is 1. The number of hydrogen-bond donors (Lipinski definition) is 2. The van der Waals surface area contributed by atoms with Crippen LogP contribution in [0.15, 0.2) is 109 Å². The van der Waals surface area contributed by atoms with E-state index >= 15 is 0 Å². The maximum absolute atomic E-state index is 14.0. The lowest BCUT2D eigenvalue weighted by Gasteiger charge is -2.38. The third-order valence-corrected chi connectivity index (χ3v) is 11.9. The molecule has 5 aromatic rings. The summed E-state index contributed by atoms with van der Waals surface area (Å²) < 4.78 is 23.4. The lowest BCUT2D eigenvalue weighted by atomic mass is 9.97. The van der Waals surface area contributed by atoms with E-state index in [-0.39, 0.29) is 35.4 Å². The Bertz CT molecular complexity index is 2120. The van der Waals surface area contributed by atoms with Crippen molar-refractivity contribution >= 4 is 27.3 Å². The fraction of sp³-hybridized carbons (Fsp3) is 0.310. The van der Waals surface area contributed by atoms with Crippen LogP contribution in [0.2, 0.25) is 0 Å². The number of sulfone groups is 1. The van der Waals surface area contributed by atoms with Gasteiger partial charge in [0.25, 0.3) is 5.91 Å². The van der Waals surface area contributed by atoms with Gasteiger partial charge in [-0.05, 0) is 85.4 Å². The number of aromatic nitrogens is 2. The van der Waals surface area contributed by atoms with Crippen LogP contribution < -0.4 is 5.32 Å². The minimum atomic E-state index is -2.90. The summed E-state index contributed by atoms with van der Waals surface area (Å²) >= 11 is 0. The first-order valence-corrected chi connectivity index (χ1v) is 20.1. The van der Waals surface area contributed by atoms with E-state index < -0.39 is 9.84 Å². The number of hydrogen-bond acceptors (Lipinski definition) is 7. The molecular formula is C42H46N6O4S. The van der Waals surface area contributed by atoms with Crippen molar-refractivity contribution < 1.29 is 18.0 Å². The molecular weight excluding hydrogens is 685 g/mol. The molecule has 0 bridgehead atoms. The van der Waals surface area contributed by atoms with Crippen molar-refractivity contribution in [3.63, 3.8) is 0 Å². The highest BCUT2D eigenvalue weighted by Crippen LogP contribution is 2.34. The van der Waals surface area contributed by atoms with Gasteiger partial charge in [-0.15, -0.1) is 0 Å². The van der Waals surface area contributed by atoms with Crippen LogP contribution in [0.5, 0.6) is 0 Å². The third-order valence-electron chi connectivity index (χ3n) is 10.3. The third kappa shape index (κ3) is 8.59. The van der Waals surface area contributed by atoms with Gasteiger partial charge in [0.2, 0.25) is 5.91 Å². The quantitative estimate of drug-likeness (QED) is 0.167. The molecule has 4 aromatic carbocycles. The van der Waals surface area contributed by atoms with Crippen LogP contribution in [-0.4, -0.2) is 90.1 Å². The number of likely N-dealkylation sites (tertiary alicyclic amines) is 1. The number of H-pyrrole nitrogens is 1. The van der Waals surface area contributed by atoms with Crippen molar-refractivity contribution in [2.75, 3.05) is 50.6 Å². The van der Waals surface area contributed by atoms with Gasteiger partial charge in [-0.1, -0.05) is 78.9 Å². The number of imidazole rings is 1. The first-order chi connectivity index (χ1) is 25.6. The van der Waals surface area contributed by atoms with Crippen LogP contribution in [0.25, 0.3) is 22.4 Å². The fourth-order valence-electron chi connectivity index (χ4n) is 7.31. The lowest BCUT2D eigenvalue weighted by molar-refractivity contribution is -0.140. The summed E-state index contributed by atoms with van der Waals surface area (Å²) in [6.07, 6.45) is 4.74. The Labute approximate surface area is 311 Å². The van der Waals surface area contributed by atoms with E-state index in [1.54, 1.807) is 0 Å². The number of likely N-dealkylation sites (N-methyl/N-ethyl adjacent to an activating group) is 1. The zero-order chi connectivity index (χ0) is 37.0. The smallest absolute Gasteiger partial charge is 0.255 e. The van der Waals surface area contributed by atoms with E-state index in [4.69, 9.17) is 4.98 Å². The molecule has 10 nitrogen and oxygen atoms in total. The minimum Gasteiger partial charge on any atom is -0.340 e. The molecule has 11 heteroatoms. The first kappa shape index (κ1) is 36.3. The number of nitrogens with zero attached hydrogens (tertiary/aromatic N) is 4. The summed E-state index contributed by atoms with van der Waals surface area (Å²) in [6, 6.07) is 33.0. The Morgan fingerprint density at radius 1 is 0.830 bits per heavy atom. The number of carbonyl (C=O) groups excluding carboxylic acids is 2. The molecule has 53 heavy (non-hydrogen) atoms. The predicted molar refractivity (Wildman–Crippen MR) is 209 cm³/mol. The molecule has 2 saturated heterocycles. The molecule has 0 spiro atoms. The second kappa shape index (κ2) is 15.9. The normalized spacial score (nSPS) is 18.1. The SMILES string of the molecule is CN(C)[C@@H](C(=O)N1CCCC[C@@H]1c1ncc(-c2ccc(-c3ccc(C(=O)Nc4ccc(CN5CCS(=O)(=O)CC5)cc4)cc3)cc2)[nH]1)c1ccccc1. The largest absolute Gasteiger partial charge is 0.340 e. The van der Waals surface area contributed by atoms with Gasteiger partial charge < -0.3 is 15.2 Å². The number of rotatable bonds is 10. The highest BCUT2D eigenvalue weighted by Gasteiger charge is 2.35. The monoisotopic (exact) mass is 730 g/mol. The van der Waals surface area contributed by atoms with Crippen LogP contribution in [0.1, 0.15) is 58.7 Å². The van der Waals surface area contributed by atoms with Gasteiger partial charge in [-0.2, -0.15) is 0 Å². The van der Waals surface area contributed by atoms with Crippen LogP contribution in [0, 0.1) is 0 Å². The number of amides is 2. The number of aromatic amines is 1. The Morgan fingerprint density at radius 3 is 2.13 bits per heavy atom. The van der Waals surface area contributed by atoms with Crippen LogP contribution in [0.4, 0.5) is 5.69 Å². The number of anilines is 1. The molecule has 0 saturated carbocycles. The van der Waals surface area contributed by atoms with Crippen molar-refractivity contribution in [2.45, 2.75) is 37.9 Å².